The van der Waals surface area contributed by atoms with Gasteiger partial charge in [0.25, 0.3) is 0 Å². The van der Waals surface area contributed by atoms with Gasteiger partial charge in [-0.3, -0.25) is 0 Å². The van der Waals surface area contributed by atoms with Crippen LogP contribution in [0, 0.1) is 0 Å². The molecule has 1 aliphatic rings. The van der Waals surface area contributed by atoms with Gasteiger partial charge in [-0.2, -0.15) is 0 Å². The molecule has 0 N–H and O–H groups in total. The van der Waals surface area contributed by atoms with Gasteiger partial charge in [-0.05, 0) is 24.0 Å². The Morgan fingerprint density at radius 2 is 2.40 bits per heavy atom. The Kier molecular flexibility index (Phi) is 2.27. The van der Waals surface area contributed by atoms with Gasteiger partial charge < -0.3 is 0 Å². The highest BCUT2D eigenvalue weighted by Gasteiger charge is 1.99. The van der Waals surface area contributed by atoms with Crippen LogP contribution in [-0.2, 0) is 0 Å². The van der Waals surface area contributed by atoms with Crippen molar-refractivity contribution in [3.8, 4) is 0 Å². The second-order valence-corrected chi connectivity index (χ2v) is 2.39. The molecular weight excluding hydrogens is 120 g/mol. The first-order valence-corrected chi connectivity index (χ1v) is 3.50. The van der Waals surface area contributed by atoms with Crippen LogP contribution in [0.2, 0.25) is 0 Å². The van der Waals surface area contributed by atoms with Crippen LogP contribution in [0.5, 0.6) is 0 Å². The van der Waals surface area contributed by atoms with Gasteiger partial charge in [0, 0.05) is 0 Å². The lowest BCUT2D eigenvalue weighted by Crippen LogP contribution is -1.87. The lowest BCUT2D eigenvalue weighted by molar-refractivity contribution is 1.17. The summed E-state index contributed by atoms with van der Waals surface area (Å²) in [6.07, 6.45) is 10.3. The molecule has 0 radical (unpaired) electrons. The predicted molar refractivity (Wildman–Crippen MR) is 45.8 cm³/mol. The van der Waals surface area contributed by atoms with Crippen LogP contribution >= 0.6 is 0 Å². The van der Waals surface area contributed by atoms with E-state index in [9.17, 15) is 0 Å². The molecule has 0 aromatic heterocycles. The van der Waals surface area contributed by atoms with Crippen molar-refractivity contribution in [2.75, 3.05) is 0 Å². The SMILES string of the molecule is C=CCC1=CCC=CC1=C. The predicted octanol–water partition coefficient (Wildman–Crippen LogP) is 3.01. The van der Waals surface area contributed by atoms with Crippen molar-refractivity contribution in [3.63, 3.8) is 0 Å². The number of allylic oxidation sites excluding steroid dienone is 6. The maximum atomic E-state index is 3.91. The Balaban J connectivity index is 2.66. The van der Waals surface area contributed by atoms with Gasteiger partial charge in [0.2, 0.25) is 0 Å². The Hall–Kier alpha value is -1.04. The zero-order valence-electron chi connectivity index (χ0n) is 6.14. The molecule has 0 spiro atoms. The summed E-state index contributed by atoms with van der Waals surface area (Å²) in [5, 5.41) is 0. The Morgan fingerprint density at radius 1 is 1.60 bits per heavy atom. The summed E-state index contributed by atoms with van der Waals surface area (Å²) in [5.41, 5.74) is 2.45. The summed E-state index contributed by atoms with van der Waals surface area (Å²) in [4.78, 5) is 0. The molecule has 52 valence electrons. The van der Waals surface area contributed by atoms with Gasteiger partial charge in [0.1, 0.15) is 0 Å². The van der Waals surface area contributed by atoms with Crippen molar-refractivity contribution in [2.24, 2.45) is 0 Å². The Morgan fingerprint density at radius 3 is 3.00 bits per heavy atom. The van der Waals surface area contributed by atoms with Crippen molar-refractivity contribution in [1.29, 1.82) is 0 Å². The second-order valence-electron chi connectivity index (χ2n) is 2.39. The van der Waals surface area contributed by atoms with E-state index in [4.69, 9.17) is 0 Å². The number of hydrogen-bond donors (Lipinski definition) is 0. The summed E-state index contributed by atoms with van der Waals surface area (Å²) in [6.45, 7) is 7.59. The number of rotatable bonds is 2. The van der Waals surface area contributed by atoms with Crippen molar-refractivity contribution in [1.82, 2.24) is 0 Å². The molecular formula is C10H12. The van der Waals surface area contributed by atoms with E-state index < -0.39 is 0 Å². The summed E-state index contributed by atoms with van der Waals surface area (Å²) < 4.78 is 0. The van der Waals surface area contributed by atoms with E-state index in [2.05, 4.69) is 31.4 Å². The van der Waals surface area contributed by atoms with Crippen molar-refractivity contribution in [2.45, 2.75) is 12.8 Å². The molecule has 0 heterocycles. The van der Waals surface area contributed by atoms with Gasteiger partial charge >= 0.3 is 0 Å². The molecule has 0 bridgehead atoms. The number of hydrogen-bond acceptors (Lipinski definition) is 0. The van der Waals surface area contributed by atoms with E-state index >= 15 is 0 Å². The normalized spacial score (nSPS) is 16.8. The van der Waals surface area contributed by atoms with Crippen LogP contribution in [0.3, 0.4) is 0 Å². The summed E-state index contributed by atoms with van der Waals surface area (Å²) in [5.74, 6) is 0. The first-order chi connectivity index (χ1) is 4.84. The van der Waals surface area contributed by atoms with Crippen molar-refractivity contribution in [3.05, 3.63) is 48.6 Å². The third kappa shape index (κ3) is 1.47. The van der Waals surface area contributed by atoms with Gasteiger partial charge in [-0.25, -0.2) is 0 Å². The smallest absolute Gasteiger partial charge is 0.00975 e. The fourth-order valence-electron chi connectivity index (χ4n) is 1.03. The minimum Gasteiger partial charge on any atom is -0.103 e. The molecule has 0 aliphatic heterocycles. The average molecular weight is 132 g/mol. The second kappa shape index (κ2) is 3.21. The lowest BCUT2D eigenvalue weighted by atomic mass is 9.99. The monoisotopic (exact) mass is 132 g/mol. The largest absolute Gasteiger partial charge is 0.103 e. The van der Waals surface area contributed by atoms with Gasteiger partial charge in [-0.1, -0.05) is 30.9 Å². The minimum absolute atomic E-state index is 0.948. The molecule has 0 amide bonds. The molecule has 1 aliphatic carbocycles. The van der Waals surface area contributed by atoms with E-state index in [0.717, 1.165) is 18.4 Å². The topological polar surface area (TPSA) is 0 Å². The fourth-order valence-corrected chi connectivity index (χ4v) is 1.03. The summed E-state index contributed by atoms with van der Waals surface area (Å²) in [6, 6.07) is 0. The van der Waals surface area contributed by atoms with E-state index in [1.54, 1.807) is 0 Å². The van der Waals surface area contributed by atoms with E-state index in [0.29, 0.717) is 0 Å². The molecule has 0 saturated carbocycles. The fraction of sp³-hybridized carbons (Fsp3) is 0.200. The van der Waals surface area contributed by atoms with Crippen LogP contribution in [0.1, 0.15) is 12.8 Å². The van der Waals surface area contributed by atoms with Gasteiger partial charge in [0.15, 0.2) is 0 Å². The molecule has 0 saturated heterocycles. The first kappa shape index (κ1) is 7.07. The van der Waals surface area contributed by atoms with Crippen LogP contribution in [-0.4, -0.2) is 0 Å². The maximum absolute atomic E-state index is 3.91. The molecule has 1 rings (SSSR count). The maximum Gasteiger partial charge on any atom is -0.00975 e. The van der Waals surface area contributed by atoms with E-state index in [1.807, 2.05) is 6.08 Å². The third-order valence-electron chi connectivity index (χ3n) is 1.60. The minimum atomic E-state index is 0.948. The molecule has 0 aromatic carbocycles. The molecule has 0 nitrogen and oxygen atoms in total. The Bertz CT molecular complexity index is 204. The zero-order chi connectivity index (χ0) is 7.40. The molecule has 0 atom stereocenters. The van der Waals surface area contributed by atoms with Crippen LogP contribution in [0.15, 0.2) is 48.6 Å². The third-order valence-corrected chi connectivity index (χ3v) is 1.60. The van der Waals surface area contributed by atoms with E-state index in [1.165, 1.54) is 5.57 Å². The highest BCUT2D eigenvalue weighted by molar-refractivity contribution is 5.41. The van der Waals surface area contributed by atoms with Crippen molar-refractivity contribution >= 4 is 0 Å². The summed E-state index contributed by atoms with van der Waals surface area (Å²) in [7, 11) is 0. The van der Waals surface area contributed by atoms with Gasteiger partial charge in [0.05, 0.1) is 0 Å². The lowest BCUT2D eigenvalue weighted by Gasteiger charge is -2.07. The van der Waals surface area contributed by atoms with Crippen molar-refractivity contribution < 1.29 is 0 Å². The zero-order valence-corrected chi connectivity index (χ0v) is 6.14. The van der Waals surface area contributed by atoms with Crippen LogP contribution < -0.4 is 0 Å². The molecule has 10 heavy (non-hydrogen) atoms. The molecule has 0 aromatic rings. The van der Waals surface area contributed by atoms with Crippen LogP contribution in [0.4, 0.5) is 0 Å². The molecule has 0 fully saturated rings. The van der Waals surface area contributed by atoms with E-state index in [-0.39, 0.29) is 0 Å². The quantitative estimate of drug-likeness (QED) is 0.507. The first-order valence-electron chi connectivity index (χ1n) is 3.50. The average Bonchev–Trinajstić information content (AvgIpc) is 1.94. The molecule has 0 heteroatoms. The standard InChI is InChI=1S/C10H12/c1-3-6-10-8-5-4-7-9(10)2/h3-4,7-8H,1-2,5-6H2. The summed E-state index contributed by atoms with van der Waals surface area (Å²) >= 11 is 0. The highest BCUT2D eigenvalue weighted by atomic mass is 14.0. The molecule has 0 unspecified atom stereocenters. The highest BCUT2D eigenvalue weighted by Crippen LogP contribution is 2.18. The van der Waals surface area contributed by atoms with Gasteiger partial charge in [-0.15, -0.1) is 6.58 Å². The Labute approximate surface area is 62.3 Å². The van der Waals surface area contributed by atoms with Crippen LogP contribution in [0.25, 0.3) is 0 Å².